The minimum Gasteiger partial charge on any atom is -0.372 e. The minimum absolute atomic E-state index is 0.103. The van der Waals surface area contributed by atoms with Crippen LogP contribution in [0.2, 0.25) is 0 Å². The van der Waals surface area contributed by atoms with E-state index in [-0.39, 0.29) is 11.9 Å². The molecule has 2 aromatic rings. The van der Waals surface area contributed by atoms with E-state index in [1.807, 2.05) is 29.2 Å². The van der Waals surface area contributed by atoms with Gasteiger partial charge in [0.15, 0.2) is 5.11 Å². The van der Waals surface area contributed by atoms with E-state index in [1.165, 1.54) is 24.1 Å². The number of thiocarbonyl (C=S) groups is 1. The molecule has 2 aliphatic heterocycles. The van der Waals surface area contributed by atoms with Crippen LogP contribution in [0.3, 0.4) is 0 Å². The highest BCUT2D eigenvalue weighted by Crippen LogP contribution is 2.25. The van der Waals surface area contributed by atoms with Gasteiger partial charge in [0.05, 0.1) is 6.04 Å². The summed E-state index contributed by atoms with van der Waals surface area (Å²) in [5.41, 5.74) is 4.31. The molecule has 0 aliphatic carbocycles. The molecule has 4 rings (SSSR count). The molecule has 152 valence electrons. The molecular formula is C23H28N4OS. The maximum atomic E-state index is 12.0. The lowest BCUT2D eigenvalue weighted by Gasteiger charge is -2.21. The highest BCUT2D eigenvalue weighted by atomic mass is 32.1. The molecule has 29 heavy (non-hydrogen) atoms. The predicted molar refractivity (Wildman–Crippen MR) is 124 cm³/mol. The van der Waals surface area contributed by atoms with Gasteiger partial charge >= 0.3 is 0 Å². The first-order valence-electron chi connectivity index (χ1n) is 10.4. The normalized spacial score (nSPS) is 17.5. The monoisotopic (exact) mass is 408 g/mol. The number of amides is 1. The first kappa shape index (κ1) is 19.7. The van der Waals surface area contributed by atoms with Crippen LogP contribution in [-0.2, 0) is 4.79 Å². The molecule has 0 bridgehead atoms. The number of hydrogen-bond donors (Lipinski definition) is 2. The second kappa shape index (κ2) is 8.82. The molecule has 0 saturated carbocycles. The molecule has 2 aliphatic rings. The molecule has 0 spiro atoms. The summed E-state index contributed by atoms with van der Waals surface area (Å²) in [6.45, 7) is 5.21. The highest BCUT2D eigenvalue weighted by Gasteiger charge is 2.21. The predicted octanol–water partition coefficient (Wildman–Crippen LogP) is 4.46. The summed E-state index contributed by atoms with van der Waals surface area (Å²) in [5, 5.41) is 7.18. The second-order valence-electron chi connectivity index (χ2n) is 7.81. The van der Waals surface area contributed by atoms with Crippen molar-refractivity contribution in [2.75, 3.05) is 34.8 Å². The number of anilines is 3. The zero-order valence-corrected chi connectivity index (χ0v) is 17.7. The standard InChI is InChI=1S/C23H28N4OS/c1-17(18-9-11-20(12-10-18)26-13-2-3-14-26)24-23(29)25-19-6-4-7-21(16-19)27-15-5-8-22(27)28/h4,6-7,9-12,16-17H,2-3,5,8,13-15H2,1H3,(H2,24,25,29)/t17-/m1/s1. The van der Waals surface area contributed by atoms with E-state index in [4.69, 9.17) is 12.2 Å². The molecule has 2 N–H and O–H groups in total. The first-order valence-corrected chi connectivity index (χ1v) is 10.8. The molecule has 0 aromatic heterocycles. The van der Waals surface area contributed by atoms with Crippen molar-refractivity contribution in [1.82, 2.24) is 5.32 Å². The molecule has 0 unspecified atom stereocenters. The molecule has 0 radical (unpaired) electrons. The summed E-state index contributed by atoms with van der Waals surface area (Å²) in [6, 6.07) is 16.7. The van der Waals surface area contributed by atoms with E-state index >= 15 is 0 Å². The van der Waals surface area contributed by atoms with Crippen LogP contribution in [-0.4, -0.2) is 30.7 Å². The van der Waals surface area contributed by atoms with Crippen molar-refractivity contribution in [3.63, 3.8) is 0 Å². The Hall–Kier alpha value is -2.60. The van der Waals surface area contributed by atoms with E-state index in [2.05, 4.69) is 46.7 Å². The maximum Gasteiger partial charge on any atom is 0.227 e. The van der Waals surface area contributed by atoms with Crippen LogP contribution in [0.25, 0.3) is 0 Å². The maximum absolute atomic E-state index is 12.0. The summed E-state index contributed by atoms with van der Waals surface area (Å²) in [4.78, 5) is 16.3. The van der Waals surface area contributed by atoms with Crippen molar-refractivity contribution in [2.24, 2.45) is 0 Å². The largest absolute Gasteiger partial charge is 0.372 e. The number of nitrogens with zero attached hydrogens (tertiary/aromatic N) is 2. The Kier molecular flexibility index (Phi) is 6.00. The number of benzene rings is 2. The Morgan fingerprint density at radius 1 is 1.00 bits per heavy atom. The minimum atomic E-state index is 0.103. The van der Waals surface area contributed by atoms with Crippen LogP contribution in [0.15, 0.2) is 48.5 Å². The number of hydrogen-bond acceptors (Lipinski definition) is 3. The smallest absolute Gasteiger partial charge is 0.227 e. The summed E-state index contributed by atoms with van der Waals surface area (Å²) >= 11 is 5.52. The fourth-order valence-corrected chi connectivity index (χ4v) is 4.36. The van der Waals surface area contributed by atoms with Gasteiger partial charge in [-0.2, -0.15) is 0 Å². The van der Waals surface area contributed by atoms with Crippen molar-refractivity contribution in [2.45, 2.75) is 38.6 Å². The summed E-state index contributed by atoms with van der Waals surface area (Å²) < 4.78 is 0. The van der Waals surface area contributed by atoms with Crippen molar-refractivity contribution in [1.29, 1.82) is 0 Å². The Morgan fingerprint density at radius 2 is 1.76 bits per heavy atom. The van der Waals surface area contributed by atoms with Gasteiger partial charge in [0.25, 0.3) is 0 Å². The lowest BCUT2D eigenvalue weighted by atomic mass is 10.1. The van der Waals surface area contributed by atoms with Crippen molar-refractivity contribution in [3.05, 3.63) is 54.1 Å². The van der Waals surface area contributed by atoms with Crippen LogP contribution in [0.1, 0.15) is 44.2 Å². The lowest BCUT2D eigenvalue weighted by Crippen LogP contribution is -2.31. The zero-order valence-electron chi connectivity index (χ0n) is 16.9. The third-order valence-electron chi connectivity index (χ3n) is 5.70. The van der Waals surface area contributed by atoms with Gasteiger partial charge in [-0.15, -0.1) is 0 Å². The van der Waals surface area contributed by atoms with E-state index < -0.39 is 0 Å². The van der Waals surface area contributed by atoms with Gasteiger partial charge < -0.3 is 20.4 Å². The molecular weight excluding hydrogens is 380 g/mol. The Labute approximate surface area is 178 Å². The molecule has 2 saturated heterocycles. The summed E-state index contributed by atoms with van der Waals surface area (Å²) in [7, 11) is 0. The van der Waals surface area contributed by atoms with Gasteiger partial charge in [-0.1, -0.05) is 18.2 Å². The van der Waals surface area contributed by atoms with E-state index in [0.29, 0.717) is 11.5 Å². The van der Waals surface area contributed by atoms with Crippen LogP contribution >= 0.6 is 12.2 Å². The van der Waals surface area contributed by atoms with Crippen molar-refractivity contribution in [3.8, 4) is 0 Å². The fraction of sp³-hybridized carbons (Fsp3) is 0.391. The molecule has 2 heterocycles. The Morgan fingerprint density at radius 3 is 2.45 bits per heavy atom. The zero-order chi connectivity index (χ0) is 20.2. The molecule has 2 fully saturated rings. The fourth-order valence-electron chi connectivity index (χ4n) is 4.07. The first-order chi connectivity index (χ1) is 14.1. The molecule has 1 atom stereocenters. The summed E-state index contributed by atoms with van der Waals surface area (Å²) in [5.74, 6) is 0.189. The third kappa shape index (κ3) is 4.70. The summed E-state index contributed by atoms with van der Waals surface area (Å²) in [6.07, 6.45) is 4.12. The van der Waals surface area contributed by atoms with Crippen molar-refractivity contribution >= 4 is 40.3 Å². The average Bonchev–Trinajstić information content (AvgIpc) is 3.40. The highest BCUT2D eigenvalue weighted by molar-refractivity contribution is 7.80. The van der Waals surface area contributed by atoms with Gasteiger partial charge in [-0.05, 0) is 74.3 Å². The number of carbonyl (C=O) groups excluding carboxylic acids is 1. The number of carbonyl (C=O) groups is 1. The number of nitrogens with one attached hydrogen (secondary N) is 2. The molecule has 2 aromatic carbocycles. The SMILES string of the molecule is C[C@@H](NC(=S)Nc1cccc(N2CCCC2=O)c1)c1ccc(N2CCCC2)cc1. The van der Waals surface area contributed by atoms with Crippen LogP contribution in [0.4, 0.5) is 17.1 Å². The van der Waals surface area contributed by atoms with E-state index in [0.717, 1.165) is 37.4 Å². The quantitative estimate of drug-likeness (QED) is 0.715. The Balaban J connectivity index is 1.35. The molecule has 1 amide bonds. The van der Waals surface area contributed by atoms with Crippen molar-refractivity contribution < 1.29 is 4.79 Å². The molecule has 5 nitrogen and oxygen atoms in total. The molecule has 6 heteroatoms. The van der Waals surface area contributed by atoms with Gasteiger partial charge in [-0.25, -0.2) is 0 Å². The van der Waals surface area contributed by atoms with Crippen LogP contribution in [0.5, 0.6) is 0 Å². The van der Waals surface area contributed by atoms with E-state index in [1.54, 1.807) is 0 Å². The van der Waals surface area contributed by atoms with Gasteiger partial charge in [-0.3, -0.25) is 4.79 Å². The van der Waals surface area contributed by atoms with Gasteiger partial charge in [0, 0.05) is 43.1 Å². The third-order valence-corrected chi connectivity index (χ3v) is 5.92. The Bertz CT molecular complexity index is 877. The second-order valence-corrected chi connectivity index (χ2v) is 8.21. The van der Waals surface area contributed by atoms with Gasteiger partial charge in [0.1, 0.15) is 0 Å². The average molecular weight is 409 g/mol. The van der Waals surface area contributed by atoms with Crippen LogP contribution in [0, 0.1) is 0 Å². The van der Waals surface area contributed by atoms with E-state index in [9.17, 15) is 4.79 Å². The number of rotatable bonds is 5. The topological polar surface area (TPSA) is 47.6 Å². The van der Waals surface area contributed by atoms with Gasteiger partial charge in [0.2, 0.25) is 5.91 Å². The van der Waals surface area contributed by atoms with Crippen LogP contribution < -0.4 is 20.4 Å². The lowest BCUT2D eigenvalue weighted by molar-refractivity contribution is -0.117.